The summed E-state index contributed by atoms with van der Waals surface area (Å²) < 4.78 is 0. The van der Waals surface area contributed by atoms with Crippen LogP contribution in [0.5, 0.6) is 0 Å². The number of aliphatic hydroxyl groups excluding tert-OH is 1. The molecule has 0 spiro atoms. The van der Waals surface area contributed by atoms with Gasteiger partial charge in [-0.15, -0.1) is 0 Å². The van der Waals surface area contributed by atoms with Crippen molar-refractivity contribution in [1.29, 1.82) is 0 Å². The van der Waals surface area contributed by atoms with Gasteiger partial charge in [-0.25, -0.2) is 0 Å². The van der Waals surface area contributed by atoms with Gasteiger partial charge in [0.25, 0.3) is 0 Å². The molecule has 0 radical (unpaired) electrons. The molecule has 0 bridgehead atoms. The quantitative estimate of drug-likeness (QED) is 0.686. The Morgan fingerprint density at radius 3 is 2.81 bits per heavy atom. The van der Waals surface area contributed by atoms with Crippen molar-refractivity contribution < 1.29 is 15.0 Å². The highest BCUT2D eigenvalue weighted by Crippen LogP contribution is 2.42. The van der Waals surface area contributed by atoms with Crippen LogP contribution in [0.3, 0.4) is 0 Å². The van der Waals surface area contributed by atoms with E-state index in [-0.39, 0.29) is 12.6 Å². The van der Waals surface area contributed by atoms with Crippen LogP contribution in [0.25, 0.3) is 0 Å². The second kappa shape index (κ2) is 5.15. The van der Waals surface area contributed by atoms with E-state index in [4.69, 9.17) is 5.11 Å². The summed E-state index contributed by atoms with van der Waals surface area (Å²) in [4.78, 5) is 13.4. The van der Waals surface area contributed by atoms with Gasteiger partial charge >= 0.3 is 5.97 Å². The lowest BCUT2D eigenvalue weighted by molar-refractivity contribution is -0.143. The minimum atomic E-state index is -0.654. The average Bonchev–Trinajstić information content (AvgIpc) is 2.76. The smallest absolute Gasteiger partial charge is 0.321 e. The summed E-state index contributed by atoms with van der Waals surface area (Å²) in [5, 5.41) is 18.0. The number of unbranched alkanes of at least 4 members (excludes halogenated alkanes) is 1. The molecule has 2 fully saturated rings. The van der Waals surface area contributed by atoms with Crippen LogP contribution in [0.2, 0.25) is 0 Å². The molecule has 1 aliphatic carbocycles. The minimum Gasteiger partial charge on any atom is -0.480 e. The zero-order chi connectivity index (χ0) is 11.5. The molecule has 4 nitrogen and oxygen atoms in total. The van der Waals surface area contributed by atoms with Crippen molar-refractivity contribution in [3.05, 3.63) is 0 Å². The summed E-state index contributed by atoms with van der Waals surface area (Å²) in [6.45, 7) is 1.98. The van der Waals surface area contributed by atoms with Crippen molar-refractivity contribution in [3.63, 3.8) is 0 Å². The first-order valence-electron chi connectivity index (χ1n) is 6.31. The Labute approximate surface area is 96.3 Å². The molecule has 0 aromatic heterocycles. The van der Waals surface area contributed by atoms with Crippen LogP contribution in [-0.2, 0) is 4.79 Å². The van der Waals surface area contributed by atoms with Gasteiger partial charge in [0.1, 0.15) is 6.04 Å². The SMILES string of the molecule is O=C(O)C1C2CCCC2CN1CCCCO. The van der Waals surface area contributed by atoms with Gasteiger partial charge in [0.2, 0.25) is 0 Å². The number of nitrogens with zero attached hydrogens (tertiary/aromatic N) is 1. The van der Waals surface area contributed by atoms with Crippen LogP contribution in [0.4, 0.5) is 0 Å². The molecule has 4 heteroatoms. The van der Waals surface area contributed by atoms with Crippen molar-refractivity contribution in [2.45, 2.75) is 38.1 Å². The van der Waals surface area contributed by atoms with Gasteiger partial charge < -0.3 is 10.2 Å². The van der Waals surface area contributed by atoms with Crippen molar-refractivity contribution in [1.82, 2.24) is 4.90 Å². The van der Waals surface area contributed by atoms with E-state index in [1.165, 1.54) is 12.8 Å². The first kappa shape index (κ1) is 11.9. The summed E-state index contributed by atoms with van der Waals surface area (Å²) in [6, 6.07) is -0.258. The van der Waals surface area contributed by atoms with E-state index >= 15 is 0 Å². The molecule has 2 aliphatic rings. The van der Waals surface area contributed by atoms with Crippen LogP contribution in [0.1, 0.15) is 32.1 Å². The number of hydrogen-bond acceptors (Lipinski definition) is 3. The number of aliphatic carboxylic acids is 1. The summed E-state index contributed by atoms with van der Waals surface area (Å²) in [7, 11) is 0. The van der Waals surface area contributed by atoms with Crippen LogP contribution in [0.15, 0.2) is 0 Å². The van der Waals surface area contributed by atoms with Crippen LogP contribution in [0, 0.1) is 11.8 Å². The van der Waals surface area contributed by atoms with Gasteiger partial charge in [-0.3, -0.25) is 9.69 Å². The molecule has 92 valence electrons. The number of aliphatic hydroxyl groups is 1. The van der Waals surface area contributed by atoms with Crippen LogP contribution < -0.4 is 0 Å². The average molecular weight is 227 g/mol. The van der Waals surface area contributed by atoms with Gasteiger partial charge in [-0.2, -0.15) is 0 Å². The molecule has 1 saturated carbocycles. The topological polar surface area (TPSA) is 60.8 Å². The van der Waals surface area contributed by atoms with E-state index in [9.17, 15) is 9.90 Å². The number of fused-ring (bicyclic) bond motifs is 1. The molecule has 3 unspecified atom stereocenters. The molecule has 2 N–H and O–H groups in total. The number of rotatable bonds is 5. The van der Waals surface area contributed by atoms with Crippen LogP contribution >= 0.6 is 0 Å². The second-order valence-corrected chi connectivity index (χ2v) is 5.06. The van der Waals surface area contributed by atoms with E-state index in [1.54, 1.807) is 0 Å². The highest BCUT2D eigenvalue weighted by molar-refractivity contribution is 5.74. The molecule has 3 atom stereocenters. The summed E-state index contributed by atoms with van der Waals surface area (Å²) in [5.41, 5.74) is 0. The first-order valence-corrected chi connectivity index (χ1v) is 6.31. The number of likely N-dealkylation sites (tertiary alicyclic amines) is 1. The molecular formula is C12H21NO3. The van der Waals surface area contributed by atoms with Gasteiger partial charge in [0.05, 0.1) is 0 Å². The van der Waals surface area contributed by atoms with Gasteiger partial charge in [0.15, 0.2) is 0 Å². The van der Waals surface area contributed by atoms with Gasteiger partial charge in [-0.1, -0.05) is 6.42 Å². The highest BCUT2D eigenvalue weighted by Gasteiger charge is 2.47. The Kier molecular flexibility index (Phi) is 3.82. The Morgan fingerprint density at radius 2 is 2.12 bits per heavy atom. The number of hydrogen-bond donors (Lipinski definition) is 2. The molecule has 1 heterocycles. The van der Waals surface area contributed by atoms with E-state index < -0.39 is 5.97 Å². The van der Waals surface area contributed by atoms with Crippen molar-refractivity contribution in [3.8, 4) is 0 Å². The standard InChI is InChI=1S/C12H21NO3/c14-7-2-1-6-13-8-9-4-3-5-10(9)11(13)12(15)16/h9-11,14H,1-8H2,(H,15,16). The summed E-state index contributed by atoms with van der Waals surface area (Å²) in [6.07, 6.45) is 5.16. The fraction of sp³-hybridized carbons (Fsp3) is 0.917. The molecule has 1 saturated heterocycles. The lowest BCUT2D eigenvalue weighted by Crippen LogP contribution is -2.40. The molecular weight excluding hydrogens is 206 g/mol. The molecule has 0 amide bonds. The predicted molar refractivity (Wildman–Crippen MR) is 60.1 cm³/mol. The lowest BCUT2D eigenvalue weighted by atomic mass is 9.94. The zero-order valence-electron chi connectivity index (χ0n) is 9.64. The maximum atomic E-state index is 11.3. The largest absolute Gasteiger partial charge is 0.480 e. The van der Waals surface area contributed by atoms with Crippen molar-refractivity contribution in [2.75, 3.05) is 19.7 Å². The fourth-order valence-corrected chi connectivity index (χ4v) is 3.39. The molecule has 1 aliphatic heterocycles. The van der Waals surface area contributed by atoms with E-state index in [0.717, 1.165) is 32.4 Å². The third-order valence-corrected chi connectivity index (χ3v) is 4.09. The van der Waals surface area contributed by atoms with Gasteiger partial charge in [0, 0.05) is 13.2 Å². The number of carboxylic acids is 1. The van der Waals surface area contributed by atoms with E-state index in [2.05, 4.69) is 4.90 Å². The Hall–Kier alpha value is -0.610. The normalized spacial score (nSPS) is 34.2. The Morgan fingerprint density at radius 1 is 1.31 bits per heavy atom. The van der Waals surface area contributed by atoms with E-state index in [1.807, 2.05) is 0 Å². The predicted octanol–water partition coefficient (Wildman–Crippen LogP) is 0.944. The fourth-order valence-electron chi connectivity index (χ4n) is 3.39. The maximum absolute atomic E-state index is 11.3. The first-order chi connectivity index (χ1) is 7.74. The summed E-state index contributed by atoms with van der Waals surface area (Å²) in [5.74, 6) is 0.334. The number of carboxylic acid groups (broad SMARTS) is 1. The third kappa shape index (κ3) is 2.23. The maximum Gasteiger partial charge on any atom is 0.321 e. The Bertz CT molecular complexity index is 257. The van der Waals surface area contributed by atoms with Crippen LogP contribution in [-0.4, -0.2) is 46.8 Å². The summed E-state index contributed by atoms with van der Waals surface area (Å²) >= 11 is 0. The van der Waals surface area contributed by atoms with E-state index in [0.29, 0.717) is 11.8 Å². The molecule has 0 aromatic carbocycles. The molecule has 2 rings (SSSR count). The van der Waals surface area contributed by atoms with Crippen molar-refractivity contribution >= 4 is 5.97 Å². The minimum absolute atomic E-state index is 0.207. The zero-order valence-corrected chi connectivity index (χ0v) is 9.64. The Balaban J connectivity index is 1.94. The van der Waals surface area contributed by atoms with Crippen molar-refractivity contribution in [2.24, 2.45) is 11.8 Å². The lowest BCUT2D eigenvalue weighted by Gasteiger charge is -2.23. The van der Waals surface area contributed by atoms with Gasteiger partial charge in [-0.05, 0) is 44.1 Å². The number of carbonyl (C=O) groups is 1. The monoisotopic (exact) mass is 227 g/mol. The molecule has 16 heavy (non-hydrogen) atoms. The molecule has 0 aromatic rings. The second-order valence-electron chi connectivity index (χ2n) is 5.06. The highest BCUT2D eigenvalue weighted by atomic mass is 16.4. The third-order valence-electron chi connectivity index (χ3n) is 4.09.